The van der Waals surface area contributed by atoms with E-state index in [9.17, 15) is 14.7 Å². The number of carbonyl (C=O) groups excluding carboxylic acids is 2. The van der Waals surface area contributed by atoms with Crippen LogP contribution in [0.2, 0.25) is 0 Å². The molecule has 2 amide bonds. The fourth-order valence-corrected chi connectivity index (χ4v) is 2.94. The van der Waals surface area contributed by atoms with E-state index in [0.29, 0.717) is 19.5 Å². The third-order valence-corrected chi connectivity index (χ3v) is 4.32. The van der Waals surface area contributed by atoms with Crippen LogP contribution in [0.1, 0.15) is 37.7 Å². The Morgan fingerprint density at radius 2 is 2.14 bits per heavy atom. The molecule has 1 aromatic carbocycles. The van der Waals surface area contributed by atoms with E-state index in [1.807, 2.05) is 11.0 Å². The van der Waals surface area contributed by atoms with Crippen molar-refractivity contribution in [3.05, 3.63) is 29.8 Å². The summed E-state index contributed by atoms with van der Waals surface area (Å²) in [7, 11) is 0. The van der Waals surface area contributed by atoms with Gasteiger partial charge < -0.3 is 14.9 Å². The first-order valence-electron chi connectivity index (χ1n) is 7.98. The summed E-state index contributed by atoms with van der Waals surface area (Å²) in [6.07, 6.45) is 4.52. The van der Waals surface area contributed by atoms with Gasteiger partial charge in [-0.3, -0.25) is 9.59 Å². The summed E-state index contributed by atoms with van der Waals surface area (Å²) in [5.74, 6) is 0.320. The molecule has 0 atom stereocenters. The number of phenols is 1. The minimum atomic E-state index is 0.0149. The van der Waals surface area contributed by atoms with Crippen LogP contribution < -0.4 is 0 Å². The molecule has 0 aromatic heterocycles. The minimum Gasteiger partial charge on any atom is -0.508 e. The molecule has 1 N–H and O–H groups in total. The molecule has 0 spiro atoms. The summed E-state index contributed by atoms with van der Waals surface area (Å²) >= 11 is 0. The van der Waals surface area contributed by atoms with Gasteiger partial charge in [-0.1, -0.05) is 12.1 Å². The molecule has 0 unspecified atom stereocenters. The number of phenolic OH excluding ortho intramolecular Hbond substituents is 1. The third-order valence-electron chi connectivity index (χ3n) is 4.32. The third kappa shape index (κ3) is 3.59. The van der Waals surface area contributed by atoms with Gasteiger partial charge in [-0.2, -0.15) is 0 Å². The molecular weight excluding hydrogens is 280 g/mol. The normalized spacial score (nSPS) is 18.4. The summed E-state index contributed by atoms with van der Waals surface area (Å²) in [4.78, 5) is 28.0. The Hall–Kier alpha value is -2.04. The van der Waals surface area contributed by atoms with Gasteiger partial charge in [0, 0.05) is 25.6 Å². The van der Waals surface area contributed by atoms with Crippen LogP contribution in [0.4, 0.5) is 0 Å². The molecule has 1 saturated carbocycles. The van der Waals surface area contributed by atoms with E-state index in [2.05, 4.69) is 0 Å². The lowest BCUT2D eigenvalue weighted by Crippen LogP contribution is -2.45. The summed E-state index contributed by atoms with van der Waals surface area (Å²) in [5, 5.41) is 9.56. The number of likely N-dealkylation sites (tertiary alicyclic amines) is 1. The van der Waals surface area contributed by atoms with Crippen molar-refractivity contribution in [1.29, 1.82) is 0 Å². The van der Waals surface area contributed by atoms with E-state index < -0.39 is 0 Å². The maximum atomic E-state index is 12.6. The molecule has 1 aliphatic carbocycles. The van der Waals surface area contributed by atoms with Gasteiger partial charge in [-0.25, -0.2) is 0 Å². The van der Waals surface area contributed by atoms with Crippen LogP contribution in [0, 0.1) is 0 Å². The Labute approximate surface area is 130 Å². The zero-order valence-corrected chi connectivity index (χ0v) is 12.7. The molecular formula is C17H22N2O3. The second-order valence-electron chi connectivity index (χ2n) is 6.20. The van der Waals surface area contributed by atoms with Crippen molar-refractivity contribution in [3.63, 3.8) is 0 Å². The average molecular weight is 302 g/mol. The zero-order chi connectivity index (χ0) is 15.5. The molecule has 2 aliphatic rings. The molecule has 1 aromatic rings. The smallest absolute Gasteiger partial charge is 0.242 e. The molecule has 1 heterocycles. The SMILES string of the molecule is O=C1CCCCN1CC(=O)N(Cc1cccc(O)c1)C1CC1. The van der Waals surface area contributed by atoms with E-state index >= 15 is 0 Å². The van der Waals surface area contributed by atoms with Gasteiger partial charge in [-0.15, -0.1) is 0 Å². The zero-order valence-electron chi connectivity index (χ0n) is 12.7. The van der Waals surface area contributed by atoms with Crippen molar-refractivity contribution >= 4 is 11.8 Å². The first kappa shape index (κ1) is 14.9. The van der Waals surface area contributed by atoms with Gasteiger partial charge in [-0.05, 0) is 43.4 Å². The highest BCUT2D eigenvalue weighted by Crippen LogP contribution is 2.29. The monoisotopic (exact) mass is 302 g/mol. The van der Waals surface area contributed by atoms with Crippen molar-refractivity contribution < 1.29 is 14.7 Å². The molecule has 0 bridgehead atoms. The second-order valence-corrected chi connectivity index (χ2v) is 6.20. The molecule has 22 heavy (non-hydrogen) atoms. The largest absolute Gasteiger partial charge is 0.508 e. The quantitative estimate of drug-likeness (QED) is 0.903. The van der Waals surface area contributed by atoms with E-state index in [1.54, 1.807) is 23.1 Å². The highest BCUT2D eigenvalue weighted by atomic mass is 16.3. The van der Waals surface area contributed by atoms with Crippen LogP contribution in [0.15, 0.2) is 24.3 Å². The standard InChI is InChI=1S/C17H22N2O3/c20-15-5-3-4-13(10-15)11-19(14-7-8-14)17(22)12-18-9-2-1-6-16(18)21/h3-5,10,14,20H,1-2,6-9,11-12H2. The number of carbonyl (C=O) groups is 2. The Balaban J connectivity index is 1.65. The van der Waals surface area contributed by atoms with Gasteiger partial charge in [0.1, 0.15) is 5.75 Å². The lowest BCUT2D eigenvalue weighted by atomic mass is 10.1. The average Bonchev–Trinajstić information content (AvgIpc) is 3.32. The molecule has 1 saturated heterocycles. The molecule has 2 fully saturated rings. The predicted molar refractivity (Wildman–Crippen MR) is 82.1 cm³/mol. The maximum absolute atomic E-state index is 12.6. The molecule has 1 aliphatic heterocycles. The Bertz CT molecular complexity index is 569. The first-order valence-corrected chi connectivity index (χ1v) is 7.98. The minimum absolute atomic E-state index is 0.0149. The molecule has 0 radical (unpaired) electrons. The van der Waals surface area contributed by atoms with Crippen molar-refractivity contribution in [2.45, 2.75) is 44.7 Å². The topological polar surface area (TPSA) is 60.9 Å². The van der Waals surface area contributed by atoms with Crippen molar-refractivity contribution in [2.75, 3.05) is 13.1 Å². The van der Waals surface area contributed by atoms with Crippen molar-refractivity contribution in [1.82, 2.24) is 9.80 Å². The van der Waals surface area contributed by atoms with Crippen LogP contribution in [0.25, 0.3) is 0 Å². The number of amides is 2. The first-order chi connectivity index (χ1) is 10.6. The number of hydrogen-bond acceptors (Lipinski definition) is 3. The van der Waals surface area contributed by atoms with Gasteiger partial charge >= 0.3 is 0 Å². The fourth-order valence-electron chi connectivity index (χ4n) is 2.94. The number of nitrogens with zero attached hydrogens (tertiary/aromatic N) is 2. The molecule has 118 valence electrons. The summed E-state index contributed by atoms with van der Waals surface area (Å²) in [5.41, 5.74) is 0.922. The van der Waals surface area contributed by atoms with Crippen LogP contribution in [0.5, 0.6) is 5.75 Å². The second kappa shape index (κ2) is 6.38. The predicted octanol–water partition coefficient (Wildman–Crippen LogP) is 1.90. The van der Waals surface area contributed by atoms with E-state index in [0.717, 1.165) is 31.2 Å². The lowest BCUT2D eigenvalue weighted by Gasteiger charge is -2.30. The van der Waals surface area contributed by atoms with Crippen LogP contribution in [0.3, 0.4) is 0 Å². The molecule has 5 heteroatoms. The molecule has 5 nitrogen and oxygen atoms in total. The number of rotatable bonds is 5. The van der Waals surface area contributed by atoms with E-state index in [-0.39, 0.29) is 30.2 Å². The Morgan fingerprint density at radius 3 is 2.82 bits per heavy atom. The van der Waals surface area contributed by atoms with Crippen LogP contribution in [-0.2, 0) is 16.1 Å². The Morgan fingerprint density at radius 1 is 1.32 bits per heavy atom. The summed E-state index contributed by atoms with van der Waals surface area (Å²) < 4.78 is 0. The van der Waals surface area contributed by atoms with Crippen molar-refractivity contribution in [3.8, 4) is 5.75 Å². The van der Waals surface area contributed by atoms with Gasteiger partial charge in [0.25, 0.3) is 0 Å². The van der Waals surface area contributed by atoms with Gasteiger partial charge in [0.2, 0.25) is 11.8 Å². The van der Waals surface area contributed by atoms with E-state index in [1.165, 1.54) is 0 Å². The van der Waals surface area contributed by atoms with Crippen molar-refractivity contribution in [2.24, 2.45) is 0 Å². The number of aromatic hydroxyl groups is 1. The van der Waals surface area contributed by atoms with Crippen LogP contribution >= 0.6 is 0 Å². The van der Waals surface area contributed by atoms with Gasteiger partial charge in [0.15, 0.2) is 0 Å². The van der Waals surface area contributed by atoms with E-state index in [4.69, 9.17) is 0 Å². The number of hydrogen-bond donors (Lipinski definition) is 1. The highest BCUT2D eigenvalue weighted by Gasteiger charge is 2.34. The maximum Gasteiger partial charge on any atom is 0.242 e. The summed E-state index contributed by atoms with van der Waals surface area (Å²) in [6.45, 7) is 1.38. The lowest BCUT2D eigenvalue weighted by molar-refractivity contribution is -0.142. The van der Waals surface area contributed by atoms with Gasteiger partial charge in [0.05, 0.1) is 6.54 Å². The number of piperidine rings is 1. The molecule has 3 rings (SSSR count). The number of benzene rings is 1. The Kier molecular flexibility index (Phi) is 4.32. The van der Waals surface area contributed by atoms with Crippen LogP contribution in [-0.4, -0.2) is 45.9 Å². The summed E-state index contributed by atoms with van der Waals surface area (Å²) in [6, 6.07) is 7.30. The fraction of sp³-hybridized carbons (Fsp3) is 0.529. The highest BCUT2D eigenvalue weighted by molar-refractivity contribution is 5.85.